The van der Waals surface area contributed by atoms with Crippen molar-refractivity contribution in [3.05, 3.63) is 94.6 Å². The second kappa shape index (κ2) is 8.55. The first kappa shape index (κ1) is 20.5. The van der Waals surface area contributed by atoms with Crippen molar-refractivity contribution in [3.8, 4) is 0 Å². The van der Waals surface area contributed by atoms with Crippen LogP contribution in [-0.4, -0.2) is 18.5 Å². The van der Waals surface area contributed by atoms with Crippen LogP contribution in [0.4, 0.5) is 25.0 Å². The third-order valence-electron chi connectivity index (χ3n) is 5.19. The molecule has 0 aliphatic carbocycles. The van der Waals surface area contributed by atoms with Gasteiger partial charge in [-0.15, -0.1) is 0 Å². The number of halogens is 2. The van der Waals surface area contributed by atoms with Gasteiger partial charge in [0.15, 0.2) is 0 Å². The molecular formula is C24H21F2N3O2. The molecule has 3 aromatic carbocycles. The average Bonchev–Trinajstić information content (AvgIpc) is 3.17. The van der Waals surface area contributed by atoms with Crippen LogP contribution in [0.5, 0.6) is 0 Å². The molecule has 3 amide bonds. The molecule has 31 heavy (non-hydrogen) atoms. The van der Waals surface area contributed by atoms with Gasteiger partial charge in [0.1, 0.15) is 11.6 Å². The molecular weight excluding hydrogens is 400 g/mol. The first-order chi connectivity index (χ1) is 14.9. The fraction of sp³-hybridized carbons (Fsp3) is 0.167. The number of nitrogens with zero attached hydrogens (tertiary/aromatic N) is 1. The molecule has 0 fully saturated rings. The number of benzene rings is 3. The summed E-state index contributed by atoms with van der Waals surface area (Å²) in [6.07, 6.45) is 0.769. The monoisotopic (exact) mass is 421 g/mol. The molecule has 5 nitrogen and oxygen atoms in total. The fourth-order valence-corrected chi connectivity index (χ4v) is 3.62. The molecule has 4 rings (SSSR count). The van der Waals surface area contributed by atoms with Crippen LogP contribution in [0.3, 0.4) is 0 Å². The maximum atomic E-state index is 13.7. The van der Waals surface area contributed by atoms with Gasteiger partial charge in [-0.05, 0) is 54.8 Å². The summed E-state index contributed by atoms with van der Waals surface area (Å²) in [5.74, 6) is -1.62. The second-order valence-corrected chi connectivity index (χ2v) is 7.47. The zero-order valence-electron chi connectivity index (χ0n) is 16.9. The number of fused-ring (bicyclic) bond motifs is 1. The molecule has 0 radical (unpaired) electrons. The van der Waals surface area contributed by atoms with E-state index in [0.29, 0.717) is 18.2 Å². The summed E-state index contributed by atoms with van der Waals surface area (Å²) < 4.78 is 26.7. The number of carbonyl (C=O) groups is 2. The summed E-state index contributed by atoms with van der Waals surface area (Å²) in [6.45, 7) is 2.74. The van der Waals surface area contributed by atoms with E-state index in [1.54, 1.807) is 11.0 Å². The summed E-state index contributed by atoms with van der Waals surface area (Å²) in [4.78, 5) is 26.8. The van der Waals surface area contributed by atoms with Crippen LogP contribution >= 0.6 is 0 Å². The lowest BCUT2D eigenvalue weighted by molar-refractivity contribution is 0.0989. The predicted octanol–water partition coefficient (Wildman–Crippen LogP) is 4.80. The Morgan fingerprint density at radius 3 is 2.65 bits per heavy atom. The maximum absolute atomic E-state index is 13.7. The van der Waals surface area contributed by atoms with Crippen molar-refractivity contribution >= 4 is 23.3 Å². The Balaban J connectivity index is 1.44. The van der Waals surface area contributed by atoms with E-state index in [0.717, 1.165) is 40.9 Å². The zero-order valence-corrected chi connectivity index (χ0v) is 16.9. The van der Waals surface area contributed by atoms with E-state index in [9.17, 15) is 18.4 Å². The number of urea groups is 1. The van der Waals surface area contributed by atoms with Crippen LogP contribution in [0, 0.1) is 18.6 Å². The van der Waals surface area contributed by atoms with Crippen molar-refractivity contribution in [1.29, 1.82) is 0 Å². The minimum Gasteiger partial charge on any atom is -0.334 e. The van der Waals surface area contributed by atoms with Crippen molar-refractivity contribution in [3.63, 3.8) is 0 Å². The summed E-state index contributed by atoms with van der Waals surface area (Å²) in [7, 11) is 0. The van der Waals surface area contributed by atoms with Crippen molar-refractivity contribution in [2.75, 3.05) is 16.8 Å². The molecule has 0 unspecified atom stereocenters. The van der Waals surface area contributed by atoms with Gasteiger partial charge < -0.3 is 15.5 Å². The molecule has 0 saturated carbocycles. The normalized spacial score (nSPS) is 12.4. The van der Waals surface area contributed by atoms with E-state index in [1.807, 2.05) is 43.3 Å². The Bertz CT molecular complexity index is 1160. The number of amides is 3. The van der Waals surface area contributed by atoms with Gasteiger partial charge in [0.05, 0.1) is 5.69 Å². The number of nitrogens with one attached hydrogen (secondary N) is 2. The van der Waals surface area contributed by atoms with E-state index >= 15 is 0 Å². The Kier molecular flexibility index (Phi) is 5.66. The Hall–Kier alpha value is -3.74. The summed E-state index contributed by atoms with van der Waals surface area (Å²) in [6, 6.07) is 15.5. The van der Waals surface area contributed by atoms with Crippen molar-refractivity contribution < 1.29 is 18.4 Å². The molecule has 0 atom stereocenters. The quantitative estimate of drug-likeness (QED) is 0.636. The minimum absolute atomic E-state index is 0.0583. The van der Waals surface area contributed by atoms with Crippen LogP contribution in [-0.2, 0) is 13.0 Å². The van der Waals surface area contributed by atoms with Gasteiger partial charge >= 0.3 is 6.03 Å². The highest BCUT2D eigenvalue weighted by atomic mass is 19.1. The predicted molar refractivity (Wildman–Crippen MR) is 115 cm³/mol. The lowest BCUT2D eigenvalue weighted by Crippen LogP contribution is -2.30. The molecule has 1 aliphatic heterocycles. The zero-order chi connectivity index (χ0) is 22.0. The number of hydrogen-bond donors (Lipinski definition) is 2. The van der Waals surface area contributed by atoms with E-state index in [2.05, 4.69) is 10.6 Å². The summed E-state index contributed by atoms with van der Waals surface area (Å²) in [5.41, 5.74) is 4.25. The molecule has 2 N–H and O–H groups in total. The van der Waals surface area contributed by atoms with Gasteiger partial charge in [0.25, 0.3) is 5.91 Å². The summed E-state index contributed by atoms with van der Waals surface area (Å²) in [5, 5.41) is 5.01. The molecule has 1 heterocycles. The van der Waals surface area contributed by atoms with Crippen molar-refractivity contribution in [2.24, 2.45) is 0 Å². The minimum atomic E-state index is -0.849. The van der Waals surface area contributed by atoms with Gasteiger partial charge in [0.2, 0.25) is 0 Å². The van der Waals surface area contributed by atoms with Crippen molar-refractivity contribution in [2.45, 2.75) is 19.9 Å². The van der Waals surface area contributed by atoms with Crippen LogP contribution < -0.4 is 15.5 Å². The number of rotatable bonds is 4. The number of hydrogen-bond acceptors (Lipinski definition) is 2. The second-order valence-electron chi connectivity index (χ2n) is 7.47. The van der Waals surface area contributed by atoms with Crippen LogP contribution in [0.1, 0.15) is 27.0 Å². The maximum Gasteiger partial charge on any atom is 0.319 e. The SMILES string of the molecule is Cc1cccc(C(=O)N2CCc3ccc(CNC(=O)Nc4ccc(F)cc4F)cc32)c1. The molecule has 0 aromatic heterocycles. The molecule has 0 bridgehead atoms. The molecule has 0 spiro atoms. The van der Waals surface area contributed by atoms with Gasteiger partial charge in [0, 0.05) is 30.4 Å². The van der Waals surface area contributed by atoms with E-state index in [4.69, 9.17) is 0 Å². The lowest BCUT2D eigenvalue weighted by atomic mass is 10.1. The lowest BCUT2D eigenvalue weighted by Gasteiger charge is -2.18. The largest absolute Gasteiger partial charge is 0.334 e. The molecule has 0 saturated heterocycles. The Morgan fingerprint density at radius 2 is 1.87 bits per heavy atom. The van der Waals surface area contributed by atoms with Crippen LogP contribution in [0.25, 0.3) is 0 Å². The van der Waals surface area contributed by atoms with E-state index < -0.39 is 17.7 Å². The highest BCUT2D eigenvalue weighted by Crippen LogP contribution is 2.30. The molecule has 7 heteroatoms. The first-order valence-corrected chi connectivity index (χ1v) is 9.91. The third kappa shape index (κ3) is 4.55. The van der Waals surface area contributed by atoms with E-state index in [-0.39, 0.29) is 18.1 Å². The van der Waals surface area contributed by atoms with Gasteiger partial charge in [-0.25, -0.2) is 13.6 Å². The molecule has 158 valence electrons. The van der Waals surface area contributed by atoms with E-state index in [1.165, 1.54) is 0 Å². The average molecular weight is 421 g/mol. The smallest absolute Gasteiger partial charge is 0.319 e. The number of carbonyl (C=O) groups excluding carboxylic acids is 2. The highest BCUT2D eigenvalue weighted by Gasteiger charge is 2.26. The molecule has 1 aliphatic rings. The van der Waals surface area contributed by atoms with Gasteiger partial charge in [-0.2, -0.15) is 0 Å². The van der Waals surface area contributed by atoms with Crippen LogP contribution in [0.2, 0.25) is 0 Å². The van der Waals surface area contributed by atoms with Gasteiger partial charge in [-0.3, -0.25) is 4.79 Å². The topological polar surface area (TPSA) is 61.4 Å². The summed E-state index contributed by atoms with van der Waals surface area (Å²) >= 11 is 0. The van der Waals surface area contributed by atoms with Crippen molar-refractivity contribution in [1.82, 2.24) is 5.32 Å². The fourth-order valence-electron chi connectivity index (χ4n) is 3.62. The molecule has 3 aromatic rings. The standard InChI is InChI=1S/C24H21F2N3O2/c1-15-3-2-4-18(11-15)23(30)29-10-9-17-6-5-16(12-22(17)29)14-27-24(31)28-21-8-7-19(25)13-20(21)26/h2-8,11-13H,9-10,14H2,1H3,(H2,27,28,31). The Morgan fingerprint density at radius 1 is 1.03 bits per heavy atom. The first-order valence-electron chi connectivity index (χ1n) is 9.91. The number of aryl methyl sites for hydroxylation is 1. The van der Waals surface area contributed by atoms with Crippen LogP contribution in [0.15, 0.2) is 60.7 Å². The number of anilines is 2. The van der Waals surface area contributed by atoms with Gasteiger partial charge in [-0.1, -0.05) is 29.8 Å². The highest BCUT2D eigenvalue weighted by molar-refractivity contribution is 6.07. The third-order valence-corrected chi connectivity index (χ3v) is 5.19. The Labute approximate surface area is 178 Å².